The van der Waals surface area contributed by atoms with Crippen molar-refractivity contribution in [3.63, 3.8) is 0 Å². The summed E-state index contributed by atoms with van der Waals surface area (Å²) in [7, 11) is 3.41. The Labute approximate surface area is 263 Å². The van der Waals surface area contributed by atoms with Crippen LogP contribution >= 0.6 is 22.6 Å². The lowest BCUT2D eigenvalue weighted by Gasteiger charge is -2.27. The molecule has 1 aliphatic rings. The summed E-state index contributed by atoms with van der Waals surface area (Å²) in [5.74, 6) is 0. The maximum atomic E-state index is 6.61. The molecule has 40 heavy (non-hydrogen) atoms. The molecule has 0 aromatic rings. The summed E-state index contributed by atoms with van der Waals surface area (Å²) < 4.78 is 30.7. The maximum absolute atomic E-state index is 6.61. The molecular formula is C34H67IO5. The van der Waals surface area contributed by atoms with Crippen molar-refractivity contribution in [2.45, 2.75) is 185 Å². The molecule has 0 bridgehead atoms. The molecule has 0 N–H and O–H groups in total. The minimum Gasteiger partial charge on any atom is -0.370 e. The van der Waals surface area contributed by atoms with Gasteiger partial charge in [-0.15, -0.1) is 0 Å². The molecule has 0 radical (unpaired) electrons. The average molecular weight is 683 g/mol. The molecule has 0 saturated carbocycles. The molecule has 1 rings (SSSR count). The smallest absolute Gasteiger partial charge is 0.146 e. The zero-order chi connectivity index (χ0) is 28.9. The lowest BCUT2D eigenvalue weighted by molar-refractivity contribution is -0.159. The van der Waals surface area contributed by atoms with Crippen molar-refractivity contribution >= 4 is 22.6 Å². The standard InChI is InChI=1S/C34H67IO5/c1-4-5-6-7-8-9-12-15-18-21-24-31(38-29-36-2)33-26-27-34(40-33)32(39-30-37-3)25-22-19-16-13-10-11-14-17-20-23-28-35/h31-34H,4-30H2,1-3H3/t31-,32-,33-,34-/m1/s1. The number of unbranched alkanes of at least 4 members (excludes halogenated alkanes) is 18. The van der Waals surface area contributed by atoms with Crippen LogP contribution in [-0.2, 0) is 23.7 Å². The number of halogens is 1. The topological polar surface area (TPSA) is 46.2 Å². The summed E-state index contributed by atoms with van der Waals surface area (Å²) in [5, 5.41) is 0. The third-order valence-corrected chi connectivity index (χ3v) is 9.19. The van der Waals surface area contributed by atoms with E-state index in [9.17, 15) is 0 Å². The van der Waals surface area contributed by atoms with E-state index < -0.39 is 0 Å². The Morgan fingerprint density at radius 2 is 0.900 bits per heavy atom. The van der Waals surface area contributed by atoms with Crippen molar-refractivity contribution in [3.8, 4) is 0 Å². The normalized spacial score (nSPS) is 18.9. The van der Waals surface area contributed by atoms with Crippen molar-refractivity contribution < 1.29 is 23.7 Å². The summed E-state index contributed by atoms with van der Waals surface area (Å²) >= 11 is 2.49. The monoisotopic (exact) mass is 682 g/mol. The molecular weight excluding hydrogens is 615 g/mol. The molecule has 5 nitrogen and oxygen atoms in total. The van der Waals surface area contributed by atoms with E-state index in [-0.39, 0.29) is 24.4 Å². The first-order valence-electron chi connectivity index (χ1n) is 17.2. The van der Waals surface area contributed by atoms with Crippen molar-refractivity contribution in [2.24, 2.45) is 0 Å². The Balaban J connectivity index is 2.29. The summed E-state index contributed by atoms with van der Waals surface area (Å²) in [6.07, 6.45) is 31.9. The molecule has 1 aliphatic heterocycles. The lowest BCUT2D eigenvalue weighted by Crippen LogP contribution is -2.34. The number of ether oxygens (including phenoxy) is 5. The van der Waals surface area contributed by atoms with E-state index in [0.29, 0.717) is 13.6 Å². The molecule has 4 atom stereocenters. The highest BCUT2D eigenvalue weighted by Gasteiger charge is 2.36. The SMILES string of the molecule is CCCCCCCCCCCC[C@@H](OCOC)[C@H]1CC[C@H]([C@@H](CCCCCCCCCCCCI)OCOC)O1. The Morgan fingerprint density at radius 3 is 1.25 bits per heavy atom. The molecule has 240 valence electrons. The van der Waals surface area contributed by atoms with Gasteiger partial charge < -0.3 is 23.7 Å². The number of hydrogen-bond donors (Lipinski definition) is 0. The van der Waals surface area contributed by atoms with Crippen LogP contribution in [0, 0.1) is 0 Å². The van der Waals surface area contributed by atoms with Gasteiger partial charge in [-0.1, -0.05) is 152 Å². The van der Waals surface area contributed by atoms with Gasteiger partial charge in [0.1, 0.15) is 13.6 Å². The number of rotatable bonds is 31. The highest BCUT2D eigenvalue weighted by molar-refractivity contribution is 14.1. The van der Waals surface area contributed by atoms with Crippen LogP contribution in [0.1, 0.15) is 161 Å². The number of hydrogen-bond acceptors (Lipinski definition) is 5. The fraction of sp³-hybridized carbons (Fsp3) is 1.00. The first-order valence-corrected chi connectivity index (χ1v) is 18.7. The van der Waals surface area contributed by atoms with E-state index in [4.69, 9.17) is 23.7 Å². The highest BCUT2D eigenvalue weighted by Crippen LogP contribution is 2.31. The van der Waals surface area contributed by atoms with Gasteiger partial charge in [0.05, 0.1) is 24.4 Å². The van der Waals surface area contributed by atoms with Gasteiger partial charge in [-0.2, -0.15) is 0 Å². The van der Waals surface area contributed by atoms with E-state index in [2.05, 4.69) is 29.5 Å². The van der Waals surface area contributed by atoms with Crippen molar-refractivity contribution in [1.29, 1.82) is 0 Å². The molecule has 0 amide bonds. The maximum Gasteiger partial charge on any atom is 0.146 e. The molecule has 0 aromatic heterocycles. The van der Waals surface area contributed by atoms with Crippen LogP contribution in [-0.4, -0.2) is 56.6 Å². The minimum atomic E-state index is 0.114. The van der Waals surface area contributed by atoms with Gasteiger partial charge in [-0.3, -0.25) is 0 Å². The second-order valence-corrected chi connectivity index (χ2v) is 13.1. The van der Waals surface area contributed by atoms with Crippen molar-refractivity contribution in [3.05, 3.63) is 0 Å². The van der Waals surface area contributed by atoms with Crippen LogP contribution < -0.4 is 0 Å². The van der Waals surface area contributed by atoms with Crippen LogP contribution in [0.2, 0.25) is 0 Å². The van der Waals surface area contributed by atoms with E-state index >= 15 is 0 Å². The van der Waals surface area contributed by atoms with Crippen LogP contribution in [0.25, 0.3) is 0 Å². The summed E-state index contributed by atoms with van der Waals surface area (Å²) in [4.78, 5) is 0. The second-order valence-electron chi connectivity index (χ2n) is 12.0. The zero-order valence-electron chi connectivity index (χ0n) is 26.8. The fourth-order valence-electron chi connectivity index (χ4n) is 5.99. The Morgan fingerprint density at radius 1 is 0.550 bits per heavy atom. The summed E-state index contributed by atoms with van der Waals surface area (Å²) in [6, 6.07) is 0. The van der Waals surface area contributed by atoms with Crippen molar-refractivity contribution in [2.75, 3.05) is 32.2 Å². The van der Waals surface area contributed by atoms with Gasteiger partial charge in [-0.25, -0.2) is 0 Å². The molecule has 1 heterocycles. The molecule has 1 saturated heterocycles. The minimum absolute atomic E-state index is 0.114. The Kier molecular flexibility index (Phi) is 28.5. The molecule has 0 aromatic carbocycles. The van der Waals surface area contributed by atoms with Crippen LogP contribution in [0.15, 0.2) is 0 Å². The van der Waals surface area contributed by atoms with Gasteiger partial charge in [0.15, 0.2) is 0 Å². The molecule has 0 unspecified atom stereocenters. The van der Waals surface area contributed by atoms with Gasteiger partial charge in [0, 0.05) is 14.2 Å². The molecule has 6 heteroatoms. The van der Waals surface area contributed by atoms with Gasteiger partial charge >= 0.3 is 0 Å². The van der Waals surface area contributed by atoms with Gasteiger partial charge in [0.25, 0.3) is 0 Å². The third-order valence-electron chi connectivity index (χ3n) is 8.43. The second kappa shape index (κ2) is 29.6. The van der Waals surface area contributed by atoms with Gasteiger partial charge in [-0.05, 0) is 36.5 Å². The van der Waals surface area contributed by atoms with E-state index in [1.165, 1.54) is 133 Å². The first-order chi connectivity index (χ1) is 19.8. The average Bonchev–Trinajstić information content (AvgIpc) is 3.46. The van der Waals surface area contributed by atoms with Gasteiger partial charge in [0.2, 0.25) is 0 Å². The number of alkyl halides is 1. The summed E-state index contributed by atoms with van der Waals surface area (Å²) in [6.45, 7) is 2.97. The fourth-order valence-corrected chi connectivity index (χ4v) is 6.53. The predicted octanol–water partition coefficient (Wildman–Crippen LogP) is 10.5. The lowest BCUT2D eigenvalue weighted by atomic mass is 9.99. The largest absolute Gasteiger partial charge is 0.370 e. The van der Waals surface area contributed by atoms with Crippen LogP contribution in [0.5, 0.6) is 0 Å². The first kappa shape index (κ1) is 38.6. The zero-order valence-corrected chi connectivity index (χ0v) is 29.0. The quantitative estimate of drug-likeness (QED) is 0.0315. The van der Waals surface area contributed by atoms with E-state index in [1.807, 2.05) is 0 Å². The number of methoxy groups -OCH3 is 2. The third kappa shape index (κ3) is 21.3. The Bertz CT molecular complexity index is 509. The van der Waals surface area contributed by atoms with Crippen molar-refractivity contribution in [1.82, 2.24) is 0 Å². The van der Waals surface area contributed by atoms with Crippen LogP contribution in [0.4, 0.5) is 0 Å². The predicted molar refractivity (Wildman–Crippen MR) is 178 cm³/mol. The molecule has 0 spiro atoms. The van der Waals surface area contributed by atoms with E-state index in [0.717, 1.165) is 25.7 Å². The van der Waals surface area contributed by atoms with Crippen LogP contribution in [0.3, 0.4) is 0 Å². The molecule has 1 fully saturated rings. The molecule has 0 aliphatic carbocycles. The highest BCUT2D eigenvalue weighted by atomic mass is 127. The summed E-state index contributed by atoms with van der Waals surface area (Å²) in [5.41, 5.74) is 0. The van der Waals surface area contributed by atoms with E-state index in [1.54, 1.807) is 14.2 Å². The Hall–Kier alpha value is 0.530.